The molecule has 3 aromatic heterocycles. The summed E-state index contributed by atoms with van der Waals surface area (Å²) in [7, 11) is 1.35. The molecule has 1 aliphatic rings. The molecule has 4 rings (SSSR count). The topological polar surface area (TPSA) is 90.3 Å². The minimum absolute atomic E-state index is 0.146. The van der Waals surface area contributed by atoms with Crippen molar-refractivity contribution in [2.75, 3.05) is 12.4 Å². The molecular weight excluding hydrogens is 410 g/mol. The number of ether oxygens (including phenoxy) is 1. The fourth-order valence-electron chi connectivity index (χ4n) is 3.73. The monoisotopic (exact) mass is 431 g/mol. The number of methoxy groups -OCH3 is 1. The maximum absolute atomic E-state index is 13.1. The predicted molar refractivity (Wildman–Crippen MR) is 115 cm³/mol. The lowest BCUT2D eigenvalue weighted by molar-refractivity contribution is 0.0601. The lowest BCUT2D eigenvalue weighted by atomic mass is 9.95. The molecule has 0 atom stereocenters. The average molecular weight is 432 g/mol. The number of thiophene rings is 2. The quantitative estimate of drug-likeness (QED) is 0.635. The number of nitrogens with one attached hydrogen (secondary N) is 1. The van der Waals surface area contributed by atoms with Crippen LogP contribution >= 0.6 is 22.7 Å². The standard InChI is InChI=1S/C20H21N3O4S2/c1-4-23-9-21-17-13(19(23)25)10(2)15(29-17)16(24)22-18-14(20(26)27-3)11-7-5-6-8-12(11)28-18/h9H,4-8H2,1-3H3,(H,22,24). The van der Waals surface area contributed by atoms with Gasteiger partial charge in [0.15, 0.2) is 0 Å². The summed E-state index contributed by atoms with van der Waals surface area (Å²) in [6.45, 7) is 4.15. The molecule has 29 heavy (non-hydrogen) atoms. The fraction of sp³-hybridized carbons (Fsp3) is 0.400. The Morgan fingerprint density at radius 2 is 2.03 bits per heavy atom. The maximum Gasteiger partial charge on any atom is 0.341 e. The van der Waals surface area contributed by atoms with E-state index in [1.54, 1.807) is 6.92 Å². The number of hydrogen-bond acceptors (Lipinski definition) is 7. The number of carbonyl (C=O) groups excluding carboxylic acids is 2. The van der Waals surface area contributed by atoms with Crippen LogP contribution in [-0.2, 0) is 24.1 Å². The normalized spacial score (nSPS) is 13.3. The van der Waals surface area contributed by atoms with Gasteiger partial charge in [-0.05, 0) is 50.7 Å². The van der Waals surface area contributed by atoms with Crippen LogP contribution in [0.4, 0.5) is 5.00 Å². The van der Waals surface area contributed by atoms with Gasteiger partial charge in [0.25, 0.3) is 11.5 Å². The Kier molecular flexibility index (Phi) is 5.26. The Bertz CT molecular complexity index is 1190. The molecule has 1 amide bonds. The van der Waals surface area contributed by atoms with Crippen LogP contribution < -0.4 is 10.9 Å². The van der Waals surface area contributed by atoms with Gasteiger partial charge >= 0.3 is 5.97 Å². The highest BCUT2D eigenvalue weighted by Gasteiger charge is 2.28. The van der Waals surface area contributed by atoms with Crippen molar-refractivity contribution in [1.82, 2.24) is 9.55 Å². The average Bonchev–Trinajstić information content (AvgIpc) is 3.25. The van der Waals surface area contributed by atoms with E-state index in [-0.39, 0.29) is 11.5 Å². The molecular formula is C20H21N3O4S2. The number of anilines is 1. The van der Waals surface area contributed by atoms with Gasteiger partial charge in [-0.1, -0.05) is 0 Å². The zero-order chi connectivity index (χ0) is 20.7. The van der Waals surface area contributed by atoms with Gasteiger partial charge in [0.2, 0.25) is 0 Å². The highest BCUT2D eigenvalue weighted by molar-refractivity contribution is 7.21. The highest BCUT2D eigenvalue weighted by atomic mass is 32.1. The van der Waals surface area contributed by atoms with Crippen LogP contribution in [0.1, 0.15) is 55.8 Å². The maximum atomic E-state index is 13.1. The van der Waals surface area contributed by atoms with Crippen molar-refractivity contribution in [1.29, 1.82) is 0 Å². The molecule has 0 fully saturated rings. The van der Waals surface area contributed by atoms with Crippen LogP contribution in [0.15, 0.2) is 11.1 Å². The summed E-state index contributed by atoms with van der Waals surface area (Å²) in [4.78, 5) is 44.5. The van der Waals surface area contributed by atoms with Gasteiger partial charge in [0.1, 0.15) is 9.83 Å². The van der Waals surface area contributed by atoms with E-state index in [4.69, 9.17) is 4.74 Å². The van der Waals surface area contributed by atoms with E-state index in [9.17, 15) is 14.4 Å². The van der Waals surface area contributed by atoms with Crippen molar-refractivity contribution >= 4 is 49.8 Å². The summed E-state index contributed by atoms with van der Waals surface area (Å²) in [6.07, 6.45) is 5.32. The molecule has 0 spiro atoms. The van der Waals surface area contributed by atoms with Crippen LogP contribution in [0.3, 0.4) is 0 Å². The van der Waals surface area contributed by atoms with Crippen molar-refractivity contribution in [3.8, 4) is 0 Å². The molecule has 0 bridgehead atoms. The summed E-state index contributed by atoms with van der Waals surface area (Å²) in [5.74, 6) is -0.767. The predicted octanol–water partition coefficient (Wildman–Crippen LogP) is 3.77. The van der Waals surface area contributed by atoms with Crippen LogP contribution in [0.25, 0.3) is 10.2 Å². The lowest BCUT2D eigenvalue weighted by Crippen LogP contribution is -2.19. The Morgan fingerprint density at radius 1 is 1.28 bits per heavy atom. The highest BCUT2D eigenvalue weighted by Crippen LogP contribution is 2.39. The molecule has 0 aliphatic heterocycles. The third kappa shape index (κ3) is 3.28. The third-order valence-corrected chi connectivity index (χ3v) is 7.66. The number of rotatable bonds is 4. The molecule has 7 nitrogen and oxygen atoms in total. The Hall–Kier alpha value is -2.52. The van der Waals surface area contributed by atoms with Crippen molar-refractivity contribution in [3.63, 3.8) is 0 Å². The van der Waals surface area contributed by atoms with E-state index in [1.807, 2.05) is 6.92 Å². The molecule has 0 saturated heterocycles. The minimum atomic E-state index is -0.430. The lowest BCUT2D eigenvalue weighted by Gasteiger charge is -2.11. The molecule has 3 heterocycles. The van der Waals surface area contributed by atoms with Gasteiger partial charge < -0.3 is 10.1 Å². The van der Waals surface area contributed by atoms with E-state index < -0.39 is 5.97 Å². The summed E-state index contributed by atoms with van der Waals surface area (Å²) in [5.41, 5.74) is 1.92. The molecule has 0 saturated carbocycles. The Balaban J connectivity index is 1.75. The van der Waals surface area contributed by atoms with Crippen LogP contribution in [0.5, 0.6) is 0 Å². The second-order valence-electron chi connectivity index (χ2n) is 6.93. The van der Waals surface area contributed by atoms with Crippen molar-refractivity contribution in [3.05, 3.63) is 43.1 Å². The molecule has 1 aliphatic carbocycles. The minimum Gasteiger partial charge on any atom is -0.465 e. The Morgan fingerprint density at radius 3 is 2.76 bits per heavy atom. The summed E-state index contributed by atoms with van der Waals surface area (Å²) in [5, 5.41) is 3.89. The number of esters is 1. The zero-order valence-corrected chi connectivity index (χ0v) is 18.1. The summed E-state index contributed by atoms with van der Waals surface area (Å²) >= 11 is 2.63. The van der Waals surface area contributed by atoms with Gasteiger partial charge in [-0.15, -0.1) is 22.7 Å². The zero-order valence-electron chi connectivity index (χ0n) is 16.5. The summed E-state index contributed by atoms with van der Waals surface area (Å²) in [6, 6.07) is 0. The second kappa shape index (κ2) is 7.72. The molecule has 3 aromatic rings. The van der Waals surface area contributed by atoms with Crippen LogP contribution in [0.2, 0.25) is 0 Å². The smallest absolute Gasteiger partial charge is 0.341 e. The summed E-state index contributed by atoms with van der Waals surface area (Å²) < 4.78 is 6.49. The first-order valence-corrected chi connectivity index (χ1v) is 11.1. The first-order valence-electron chi connectivity index (χ1n) is 9.49. The van der Waals surface area contributed by atoms with Gasteiger partial charge in [0.05, 0.1) is 29.3 Å². The molecule has 0 unspecified atom stereocenters. The van der Waals surface area contributed by atoms with Crippen molar-refractivity contribution < 1.29 is 14.3 Å². The number of aryl methyl sites for hydroxylation is 3. The number of hydrogen-bond donors (Lipinski definition) is 1. The molecule has 0 aromatic carbocycles. The van der Waals surface area contributed by atoms with Crippen LogP contribution in [0, 0.1) is 6.92 Å². The number of amides is 1. The van der Waals surface area contributed by atoms with E-state index >= 15 is 0 Å². The van der Waals surface area contributed by atoms with E-state index in [1.165, 1.54) is 40.7 Å². The molecule has 152 valence electrons. The van der Waals surface area contributed by atoms with Crippen molar-refractivity contribution in [2.24, 2.45) is 0 Å². The Labute approximate surface area is 175 Å². The fourth-order valence-corrected chi connectivity index (χ4v) is 6.04. The van der Waals surface area contributed by atoms with Gasteiger partial charge in [0, 0.05) is 11.4 Å². The van der Waals surface area contributed by atoms with Gasteiger partial charge in [-0.25, -0.2) is 9.78 Å². The number of carbonyl (C=O) groups is 2. The van der Waals surface area contributed by atoms with E-state index in [2.05, 4.69) is 10.3 Å². The SMILES string of the molecule is CCn1cnc2sc(C(=O)Nc3sc4c(c3C(=O)OC)CCCC4)c(C)c2c1=O. The van der Waals surface area contributed by atoms with Crippen molar-refractivity contribution in [2.45, 2.75) is 46.1 Å². The molecule has 1 N–H and O–H groups in total. The first-order chi connectivity index (χ1) is 14.0. The van der Waals surface area contributed by atoms with Crippen LogP contribution in [-0.4, -0.2) is 28.5 Å². The molecule has 9 heteroatoms. The number of fused-ring (bicyclic) bond motifs is 2. The third-order valence-electron chi connectivity index (χ3n) is 5.25. The van der Waals surface area contributed by atoms with Gasteiger partial charge in [-0.2, -0.15) is 0 Å². The second-order valence-corrected chi connectivity index (χ2v) is 9.04. The number of aromatic nitrogens is 2. The molecule has 0 radical (unpaired) electrons. The van der Waals surface area contributed by atoms with E-state index in [0.717, 1.165) is 36.1 Å². The van der Waals surface area contributed by atoms with E-state index in [0.29, 0.717) is 37.8 Å². The number of nitrogens with zero attached hydrogens (tertiary/aromatic N) is 2. The first kappa shape index (κ1) is 19.8. The van der Waals surface area contributed by atoms with Gasteiger partial charge in [-0.3, -0.25) is 14.2 Å². The largest absolute Gasteiger partial charge is 0.465 e.